The van der Waals surface area contributed by atoms with Crippen LogP contribution in [0, 0.1) is 11.8 Å². The molecule has 2 aromatic rings. The number of rotatable bonds is 5. The molecule has 0 amide bonds. The van der Waals surface area contributed by atoms with Crippen LogP contribution in [0.2, 0.25) is 0 Å². The third-order valence-electron chi connectivity index (χ3n) is 5.76. The van der Waals surface area contributed by atoms with Gasteiger partial charge in [-0.15, -0.1) is 6.58 Å². The molecule has 5 nitrogen and oxygen atoms in total. The van der Waals surface area contributed by atoms with E-state index in [1.54, 1.807) is 12.1 Å². The SMILES string of the molecule is C=CC1CN2CCC1CC2[C@@H](OPN)c1ccnc2ccc(O)cc12. The first-order valence-corrected chi connectivity index (χ1v) is 9.75. The molecule has 3 saturated heterocycles. The minimum Gasteiger partial charge on any atom is -0.508 e. The molecule has 3 aliphatic rings. The molecule has 5 rings (SSSR count). The van der Waals surface area contributed by atoms with Crippen LogP contribution in [0.5, 0.6) is 5.75 Å². The number of aromatic nitrogens is 1. The van der Waals surface area contributed by atoms with Gasteiger partial charge in [0, 0.05) is 24.2 Å². The van der Waals surface area contributed by atoms with Gasteiger partial charge in [-0.3, -0.25) is 15.4 Å². The third-order valence-corrected chi connectivity index (χ3v) is 6.15. The molecule has 132 valence electrons. The summed E-state index contributed by atoms with van der Waals surface area (Å²) in [7, 11) is -0.0733. The van der Waals surface area contributed by atoms with Crippen LogP contribution in [0.4, 0.5) is 0 Å². The first-order chi connectivity index (χ1) is 12.2. The Kier molecular flexibility index (Phi) is 4.74. The van der Waals surface area contributed by atoms with Crippen LogP contribution in [0.25, 0.3) is 10.9 Å². The van der Waals surface area contributed by atoms with E-state index in [-0.39, 0.29) is 20.8 Å². The van der Waals surface area contributed by atoms with Gasteiger partial charge in [-0.1, -0.05) is 6.08 Å². The Bertz CT molecular complexity index is 784. The normalized spacial score (nSPS) is 30.1. The largest absolute Gasteiger partial charge is 0.508 e. The molecule has 1 aromatic heterocycles. The van der Waals surface area contributed by atoms with Crippen molar-refractivity contribution in [1.82, 2.24) is 9.88 Å². The van der Waals surface area contributed by atoms with Crippen molar-refractivity contribution in [2.24, 2.45) is 17.3 Å². The second-order valence-corrected chi connectivity index (χ2v) is 7.48. The minimum absolute atomic E-state index is 0.0733. The van der Waals surface area contributed by atoms with E-state index in [9.17, 15) is 5.11 Å². The number of fused-ring (bicyclic) bond motifs is 4. The van der Waals surface area contributed by atoms with E-state index in [1.807, 2.05) is 18.3 Å². The van der Waals surface area contributed by atoms with Crippen molar-refractivity contribution < 1.29 is 9.63 Å². The Balaban J connectivity index is 1.73. The van der Waals surface area contributed by atoms with Crippen molar-refractivity contribution in [2.45, 2.75) is 25.0 Å². The van der Waals surface area contributed by atoms with Crippen LogP contribution >= 0.6 is 8.96 Å². The molecule has 2 bridgehead atoms. The Morgan fingerprint density at radius 2 is 2.32 bits per heavy atom. The number of phenolic OH excluding ortho intramolecular Hbond substituents is 1. The molecular weight excluding hydrogens is 333 g/mol. The molecule has 5 unspecified atom stereocenters. The molecule has 25 heavy (non-hydrogen) atoms. The maximum atomic E-state index is 9.94. The number of phenols is 1. The van der Waals surface area contributed by atoms with Gasteiger partial charge in [-0.2, -0.15) is 0 Å². The molecule has 0 radical (unpaired) electrons. The van der Waals surface area contributed by atoms with E-state index in [1.165, 1.54) is 6.42 Å². The summed E-state index contributed by atoms with van der Waals surface area (Å²) in [6.07, 6.45) is 6.13. The van der Waals surface area contributed by atoms with Crippen LogP contribution in [-0.2, 0) is 4.52 Å². The summed E-state index contributed by atoms with van der Waals surface area (Å²) in [5.74, 6) is 1.48. The molecule has 0 saturated carbocycles. The average molecular weight is 357 g/mol. The van der Waals surface area contributed by atoms with Crippen molar-refractivity contribution >= 4 is 19.9 Å². The van der Waals surface area contributed by atoms with Crippen LogP contribution in [0.1, 0.15) is 24.5 Å². The predicted molar refractivity (Wildman–Crippen MR) is 102 cm³/mol. The fourth-order valence-electron chi connectivity index (χ4n) is 4.52. The smallest absolute Gasteiger partial charge is 0.116 e. The molecule has 0 aliphatic carbocycles. The average Bonchev–Trinajstić information content (AvgIpc) is 2.66. The summed E-state index contributed by atoms with van der Waals surface area (Å²) in [4.78, 5) is 6.94. The number of pyridine rings is 1. The number of hydrogen-bond acceptors (Lipinski definition) is 5. The molecule has 4 heterocycles. The van der Waals surface area contributed by atoms with Crippen molar-refractivity contribution in [1.29, 1.82) is 0 Å². The summed E-state index contributed by atoms with van der Waals surface area (Å²) in [5.41, 5.74) is 7.73. The van der Waals surface area contributed by atoms with Gasteiger partial charge >= 0.3 is 0 Å². The number of nitrogens with two attached hydrogens (primary N) is 1. The summed E-state index contributed by atoms with van der Waals surface area (Å²) >= 11 is 0. The predicted octanol–water partition coefficient (Wildman–Crippen LogP) is 3.36. The summed E-state index contributed by atoms with van der Waals surface area (Å²) in [6.45, 7) is 6.15. The molecule has 3 fully saturated rings. The topological polar surface area (TPSA) is 71.6 Å². The molecule has 1 aromatic carbocycles. The lowest BCUT2D eigenvalue weighted by molar-refractivity contribution is -0.0317. The molecule has 3 aliphatic heterocycles. The maximum Gasteiger partial charge on any atom is 0.116 e. The van der Waals surface area contributed by atoms with E-state index in [4.69, 9.17) is 10.0 Å². The lowest BCUT2D eigenvalue weighted by Gasteiger charge is -2.51. The highest BCUT2D eigenvalue weighted by atomic mass is 31.1. The third kappa shape index (κ3) is 3.06. The van der Waals surface area contributed by atoms with Crippen molar-refractivity contribution in [3.05, 3.63) is 48.7 Å². The van der Waals surface area contributed by atoms with E-state index in [0.717, 1.165) is 36.0 Å². The van der Waals surface area contributed by atoms with Gasteiger partial charge in [0.2, 0.25) is 0 Å². The van der Waals surface area contributed by atoms with E-state index >= 15 is 0 Å². The second kappa shape index (κ2) is 7.00. The summed E-state index contributed by atoms with van der Waals surface area (Å²) in [5, 5.41) is 10.9. The number of aromatic hydroxyl groups is 1. The van der Waals surface area contributed by atoms with Gasteiger partial charge in [-0.25, -0.2) is 0 Å². The Morgan fingerprint density at radius 1 is 1.44 bits per heavy atom. The summed E-state index contributed by atoms with van der Waals surface area (Å²) < 4.78 is 6.07. The fourth-order valence-corrected chi connectivity index (χ4v) is 4.95. The van der Waals surface area contributed by atoms with Crippen molar-refractivity contribution in [3.63, 3.8) is 0 Å². The van der Waals surface area contributed by atoms with Gasteiger partial charge in [0.15, 0.2) is 0 Å². The summed E-state index contributed by atoms with van der Waals surface area (Å²) in [6, 6.07) is 7.59. The van der Waals surface area contributed by atoms with Gasteiger partial charge in [0.1, 0.15) is 11.9 Å². The zero-order valence-electron chi connectivity index (χ0n) is 14.1. The molecular formula is C19H24N3O2P. The van der Waals surface area contributed by atoms with Crippen molar-refractivity contribution in [3.8, 4) is 5.75 Å². The van der Waals surface area contributed by atoms with E-state index in [2.05, 4.69) is 22.5 Å². The lowest BCUT2D eigenvalue weighted by Crippen LogP contribution is -2.55. The van der Waals surface area contributed by atoms with Crippen LogP contribution < -0.4 is 5.50 Å². The number of hydrogen-bond donors (Lipinski definition) is 2. The quantitative estimate of drug-likeness (QED) is 0.634. The molecule has 6 heteroatoms. The molecule has 6 atom stereocenters. The van der Waals surface area contributed by atoms with Gasteiger partial charge in [0.05, 0.1) is 14.5 Å². The van der Waals surface area contributed by atoms with Crippen LogP contribution in [0.15, 0.2) is 43.1 Å². The highest BCUT2D eigenvalue weighted by Crippen LogP contribution is 2.44. The Morgan fingerprint density at radius 3 is 3.04 bits per heavy atom. The number of benzene rings is 1. The Hall–Kier alpha value is -1.52. The van der Waals surface area contributed by atoms with E-state index < -0.39 is 0 Å². The van der Waals surface area contributed by atoms with Crippen LogP contribution in [0.3, 0.4) is 0 Å². The van der Waals surface area contributed by atoms with Gasteiger partial charge in [0.25, 0.3) is 0 Å². The monoisotopic (exact) mass is 357 g/mol. The zero-order chi connectivity index (χ0) is 17.4. The number of piperidine rings is 3. The number of nitrogens with zero attached hydrogens (tertiary/aromatic N) is 2. The van der Waals surface area contributed by atoms with E-state index in [0.29, 0.717) is 17.9 Å². The molecule has 0 spiro atoms. The highest BCUT2D eigenvalue weighted by Gasteiger charge is 2.43. The van der Waals surface area contributed by atoms with Crippen LogP contribution in [-0.4, -0.2) is 34.1 Å². The highest BCUT2D eigenvalue weighted by molar-refractivity contribution is 7.29. The second-order valence-electron chi connectivity index (χ2n) is 7.00. The standard InChI is InChI=1S/C19H24N3O2P/c1-2-12-11-22-8-6-13(12)9-18(22)19(24-25-20)15-5-7-21-17-4-3-14(23)10-16(15)17/h2-5,7,10,12-13,18-19,23,25H,1,6,8-9,11,20H2/t12?,13?,18?,19-/m0/s1. The van der Waals surface area contributed by atoms with Crippen molar-refractivity contribution in [2.75, 3.05) is 13.1 Å². The first kappa shape index (κ1) is 16.9. The maximum absolute atomic E-state index is 9.94. The lowest BCUT2D eigenvalue weighted by atomic mass is 9.73. The minimum atomic E-state index is -0.107. The van der Waals surface area contributed by atoms with Gasteiger partial charge < -0.3 is 9.63 Å². The Labute approximate surface area is 149 Å². The first-order valence-electron chi connectivity index (χ1n) is 8.76. The molecule has 3 N–H and O–H groups in total. The van der Waals surface area contributed by atoms with Gasteiger partial charge in [-0.05, 0) is 61.1 Å². The zero-order valence-corrected chi connectivity index (χ0v) is 15.1. The fraction of sp³-hybridized carbons (Fsp3) is 0.421.